The molecule has 0 spiro atoms. The largest absolute Gasteiger partial charge is 0.465 e. The van der Waals surface area contributed by atoms with E-state index in [9.17, 15) is 19.2 Å². The number of piperidine rings is 3. The fraction of sp³-hybridized carbons (Fsp3) is 0.587. The molecule has 3 saturated heterocycles. The summed E-state index contributed by atoms with van der Waals surface area (Å²) in [6.45, 7) is 21.0. The molecular weight excluding hydrogens is 731 g/mol. The number of fused-ring (bicyclic) bond motifs is 1. The maximum atomic E-state index is 14.4. The number of allylic oxidation sites excluding steroid dienone is 2. The number of pyridine rings is 1. The fourth-order valence-electron chi connectivity index (χ4n) is 9.15. The number of H-pyrrole nitrogens is 1. The number of ether oxygens (including phenoxy) is 1. The molecule has 0 aliphatic carbocycles. The van der Waals surface area contributed by atoms with Crippen LogP contribution in [0.5, 0.6) is 0 Å². The van der Waals surface area contributed by atoms with E-state index in [0.29, 0.717) is 81.3 Å². The van der Waals surface area contributed by atoms with Gasteiger partial charge in [-0.25, -0.2) is 9.59 Å². The summed E-state index contributed by atoms with van der Waals surface area (Å²) in [5.74, 6) is 0.954. The van der Waals surface area contributed by atoms with E-state index >= 15 is 0 Å². The third-order valence-corrected chi connectivity index (χ3v) is 12.3. The van der Waals surface area contributed by atoms with Gasteiger partial charge in [0.1, 0.15) is 6.04 Å². The topological polar surface area (TPSA) is 133 Å². The molecule has 6 rings (SSSR count). The number of urea groups is 1. The van der Waals surface area contributed by atoms with Crippen molar-refractivity contribution in [3.05, 3.63) is 74.3 Å². The average Bonchev–Trinajstić information content (AvgIpc) is 3.59. The Kier molecular flexibility index (Phi) is 16.3. The van der Waals surface area contributed by atoms with Crippen LogP contribution in [-0.4, -0.2) is 106 Å². The number of imidazole rings is 1. The number of aromatic amines is 1. The Morgan fingerprint density at radius 2 is 1.57 bits per heavy atom. The van der Waals surface area contributed by atoms with Gasteiger partial charge in [-0.15, -0.1) is 0 Å². The molecule has 0 unspecified atom stereocenters. The highest BCUT2D eigenvalue weighted by Crippen LogP contribution is 2.33. The number of aryl methyl sites for hydroxylation is 2. The SMILES string of the molecule is C=c1ncc2c([nH]c(=O)n2C2CCN(C(=O)N[C@H](Cc3ccc(CC)c(CC)c3)C(=O)N3CCC(C4CCN(CC(=O)OCC)CC4)CC3)CC2)/c1=C/C=C\C.CC. The zero-order valence-electron chi connectivity index (χ0n) is 35.9. The first-order valence-corrected chi connectivity index (χ1v) is 21.9. The van der Waals surface area contributed by atoms with Crippen LogP contribution < -0.4 is 21.6 Å². The predicted octanol–water partition coefficient (Wildman–Crippen LogP) is 5.11. The van der Waals surface area contributed by atoms with E-state index in [0.717, 1.165) is 67.9 Å². The number of rotatable bonds is 12. The second-order valence-corrected chi connectivity index (χ2v) is 15.7. The molecule has 58 heavy (non-hydrogen) atoms. The zero-order valence-corrected chi connectivity index (χ0v) is 35.9. The molecule has 3 aliphatic rings. The minimum Gasteiger partial charge on any atom is -0.465 e. The monoisotopic (exact) mass is 798 g/mol. The van der Waals surface area contributed by atoms with Crippen molar-refractivity contribution in [1.29, 1.82) is 0 Å². The molecule has 3 aliphatic heterocycles. The lowest BCUT2D eigenvalue weighted by atomic mass is 9.78. The summed E-state index contributed by atoms with van der Waals surface area (Å²) < 4.78 is 6.92. The molecular formula is C46H67N7O5. The third kappa shape index (κ3) is 10.7. The molecule has 12 nitrogen and oxygen atoms in total. The number of carbonyl (C=O) groups excluding carboxylic acids is 3. The number of aromatic nitrogens is 3. The van der Waals surface area contributed by atoms with Crippen LogP contribution in [0.1, 0.15) is 103 Å². The van der Waals surface area contributed by atoms with E-state index in [4.69, 9.17) is 4.74 Å². The quantitative estimate of drug-likeness (QED) is 0.244. The second kappa shape index (κ2) is 21.3. The van der Waals surface area contributed by atoms with Crippen LogP contribution in [0.2, 0.25) is 0 Å². The van der Waals surface area contributed by atoms with Crippen molar-refractivity contribution in [3.8, 4) is 0 Å². The number of hydrogen-bond donors (Lipinski definition) is 2. The highest BCUT2D eigenvalue weighted by atomic mass is 16.5. The third-order valence-electron chi connectivity index (χ3n) is 12.3. The Morgan fingerprint density at radius 1 is 0.931 bits per heavy atom. The minimum atomic E-state index is -0.689. The standard InChI is InChI=1S/C44H61N7O5.C2H6/c1-6-10-11-37-30(5)45-28-39-41(37)47-44(55)51(39)36-18-24-50(25-19-36)43(54)46-38(27-31-12-13-32(7-2)33(8-3)26-31)42(53)49-22-16-35(17-23-49)34-14-20-48(21-15-34)29-40(52)56-9-4;1-2/h6,10-13,26,28,34-36,38H,5,7-9,14-25,27,29H2,1-4H3,(H,46,54)(H,47,55);1-2H3/b10-6-,37-11+;/t38-;/m1./s1. The van der Waals surface area contributed by atoms with E-state index in [2.05, 4.69) is 58.8 Å². The first-order valence-electron chi connectivity index (χ1n) is 21.9. The molecule has 316 valence electrons. The van der Waals surface area contributed by atoms with Gasteiger partial charge in [0.25, 0.3) is 0 Å². The Balaban J connectivity index is 0.00000315. The maximum Gasteiger partial charge on any atom is 0.326 e. The van der Waals surface area contributed by atoms with Crippen LogP contribution >= 0.6 is 0 Å². The predicted molar refractivity (Wildman–Crippen MR) is 232 cm³/mol. The number of carbonyl (C=O) groups is 3. The van der Waals surface area contributed by atoms with Crippen molar-refractivity contribution in [2.45, 2.75) is 111 Å². The van der Waals surface area contributed by atoms with Crippen molar-refractivity contribution in [3.63, 3.8) is 0 Å². The molecule has 5 heterocycles. The lowest BCUT2D eigenvalue weighted by Crippen LogP contribution is -2.55. The Bertz CT molecular complexity index is 2050. The van der Waals surface area contributed by atoms with Crippen LogP contribution in [0.4, 0.5) is 4.79 Å². The van der Waals surface area contributed by atoms with Gasteiger partial charge in [0.05, 0.1) is 35.7 Å². The minimum absolute atomic E-state index is 0.0262. The fourth-order valence-corrected chi connectivity index (χ4v) is 9.15. The van der Waals surface area contributed by atoms with Gasteiger partial charge < -0.3 is 24.8 Å². The molecule has 0 bridgehead atoms. The lowest BCUT2D eigenvalue weighted by Gasteiger charge is -2.41. The van der Waals surface area contributed by atoms with Crippen molar-refractivity contribution >= 4 is 41.6 Å². The Labute approximate surface area is 344 Å². The normalized spacial score (nSPS) is 18.3. The van der Waals surface area contributed by atoms with Gasteiger partial charge in [-0.3, -0.25) is 24.0 Å². The Hall–Kier alpha value is -4.71. The van der Waals surface area contributed by atoms with Crippen molar-refractivity contribution in [2.75, 3.05) is 52.4 Å². The van der Waals surface area contributed by atoms with Crippen LogP contribution in [0.15, 0.2) is 41.3 Å². The summed E-state index contributed by atoms with van der Waals surface area (Å²) in [5.41, 5.74) is 4.89. The summed E-state index contributed by atoms with van der Waals surface area (Å²) in [5, 5.41) is 4.56. The first-order chi connectivity index (χ1) is 28.1. The molecule has 2 N–H and O–H groups in total. The Morgan fingerprint density at radius 3 is 2.19 bits per heavy atom. The smallest absolute Gasteiger partial charge is 0.326 e. The lowest BCUT2D eigenvalue weighted by molar-refractivity contribution is -0.144. The zero-order chi connectivity index (χ0) is 41.8. The molecule has 3 amide bonds. The maximum absolute atomic E-state index is 14.4. The van der Waals surface area contributed by atoms with Crippen LogP contribution in [0.3, 0.4) is 0 Å². The molecule has 1 atom stereocenters. The summed E-state index contributed by atoms with van der Waals surface area (Å²) in [6.07, 6.45) is 14.9. The van der Waals surface area contributed by atoms with Gasteiger partial charge >= 0.3 is 17.7 Å². The van der Waals surface area contributed by atoms with Crippen molar-refractivity contribution in [2.24, 2.45) is 11.8 Å². The highest BCUT2D eigenvalue weighted by Gasteiger charge is 2.35. The molecule has 0 radical (unpaired) electrons. The summed E-state index contributed by atoms with van der Waals surface area (Å²) >= 11 is 0. The van der Waals surface area contributed by atoms with E-state index < -0.39 is 6.04 Å². The number of hydrogen-bond acceptors (Lipinski definition) is 7. The van der Waals surface area contributed by atoms with Crippen molar-refractivity contribution in [1.82, 2.24) is 34.6 Å². The number of likely N-dealkylation sites (tertiary alicyclic amines) is 3. The molecule has 12 heteroatoms. The van der Waals surface area contributed by atoms with Crippen LogP contribution in [0.25, 0.3) is 23.7 Å². The summed E-state index contributed by atoms with van der Waals surface area (Å²) in [7, 11) is 0. The number of nitrogens with zero attached hydrogens (tertiary/aromatic N) is 5. The number of nitrogens with one attached hydrogen (secondary N) is 2. The van der Waals surface area contributed by atoms with E-state index in [1.54, 1.807) is 15.7 Å². The van der Waals surface area contributed by atoms with E-state index in [1.165, 1.54) is 11.1 Å². The molecule has 3 fully saturated rings. The van der Waals surface area contributed by atoms with Gasteiger partial charge in [0, 0.05) is 43.9 Å². The van der Waals surface area contributed by atoms with Crippen LogP contribution in [-0.2, 0) is 33.6 Å². The number of amides is 3. The second-order valence-electron chi connectivity index (χ2n) is 15.7. The van der Waals surface area contributed by atoms with Crippen molar-refractivity contribution < 1.29 is 19.1 Å². The van der Waals surface area contributed by atoms with Gasteiger partial charge in [-0.2, -0.15) is 0 Å². The summed E-state index contributed by atoms with van der Waals surface area (Å²) in [6, 6.07) is 5.43. The first kappa shape index (κ1) is 44.4. The molecule has 0 saturated carbocycles. The van der Waals surface area contributed by atoms with Gasteiger partial charge in [0.2, 0.25) is 5.91 Å². The molecule has 3 aromatic rings. The van der Waals surface area contributed by atoms with Crippen LogP contribution in [0, 0.1) is 11.8 Å². The number of esters is 1. The van der Waals surface area contributed by atoms with Gasteiger partial charge in [0.15, 0.2) is 0 Å². The molecule has 1 aromatic carbocycles. The van der Waals surface area contributed by atoms with E-state index in [-0.39, 0.29) is 29.6 Å². The van der Waals surface area contributed by atoms with Gasteiger partial charge in [-0.1, -0.05) is 70.7 Å². The van der Waals surface area contributed by atoms with E-state index in [1.807, 2.05) is 50.8 Å². The average molecular weight is 798 g/mol. The molecule has 2 aromatic heterocycles. The highest BCUT2D eigenvalue weighted by molar-refractivity contribution is 5.87. The van der Waals surface area contributed by atoms with Gasteiger partial charge in [-0.05, 0) is 107 Å². The summed E-state index contributed by atoms with van der Waals surface area (Å²) in [4.78, 5) is 67.0. The number of benzene rings is 1.